The molecule has 0 atom stereocenters. The van der Waals surface area contributed by atoms with E-state index in [4.69, 9.17) is 27.9 Å². The summed E-state index contributed by atoms with van der Waals surface area (Å²) in [7, 11) is 1.79. The maximum Gasteiger partial charge on any atom is 0.255 e. The van der Waals surface area contributed by atoms with Crippen LogP contribution >= 0.6 is 23.2 Å². The van der Waals surface area contributed by atoms with Gasteiger partial charge in [-0.25, -0.2) is 4.98 Å². The van der Waals surface area contributed by atoms with Gasteiger partial charge >= 0.3 is 0 Å². The molecule has 0 bridgehead atoms. The zero-order chi connectivity index (χ0) is 13.1. The van der Waals surface area contributed by atoms with E-state index < -0.39 is 0 Å². The van der Waals surface area contributed by atoms with E-state index in [2.05, 4.69) is 4.98 Å². The molecule has 0 N–H and O–H groups in total. The summed E-state index contributed by atoms with van der Waals surface area (Å²) in [6, 6.07) is 1.76. The summed E-state index contributed by atoms with van der Waals surface area (Å²) in [5.74, 6) is -0.0898. The third-order valence-electron chi connectivity index (χ3n) is 3.10. The van der Waals surface area contributed by atoms with Gasteiger partial charge in [0.1, 0.15) is 5.15 Å². The van der Waals surface area contributed by atoms with E-state index in [0.717, 1.165) is 12.8 Å². The van der Waals surface area contributed by atoms with Crippen molar-refractivity contribution in [2.24, 2.45) is 0 Å². The molecule has 1 aliphatic heterocycles. The van der Waals surface area contributed by atoms with Crippen molar-refractivity contribution in [3.05, 3.63) is 28.0 Å². The Morgan fingerprint density at radius 1 is 1.44 bits per heavy atom. The number of carbonyl (C=O) groups excluding carboxylic acids is 1. The Morgan fingerprint density at radius 2 is 2.11 bits per heavy atom. The van der Waals surface area contributed by atoms with E-state index in [-0.39, 0.29) is 17.1 Å². The number of hydrogen-bond donors (Lipinski definition) is 0. The average molecular weight is 289 g/mol. The number of ether oxygens (including phenoxy) is 1. The predicted octanol–water partition coefficient (Wildman–Crippen LogP) is 2.64. The van der Waals surface area contributed by atoms with Gasteiger partial charge in [-0.2, -0.15) is 0 Å². The molecule has 2 heterocycles. The van der Waals surface area contributed by atoms with E-state index in [1.807, 2.05) is 0 Å². The van der Waals surface area contributed by atoms with Crippen LogP contribution in [-0.2, 0) is 4.74 Å². The average Bonchev–Trinajstić information content (AvgIpc) is 2.41. The Kier molecular flexibility index (Phi) is 4.43. The van der Waals surface area contributed by atoms with E-state index in [9.17, 15) is 4.79 Å². The Balaban J connectivity index is 2.11. The lowest BCUT2D eigenvalue weighted by atomic mass is 10.1. The summed E-state index contributed by atoms with van der Waals surface area (Å²) in [4.78, 5) is 17.9. The third-order valence-corrected chi connectivity index (χ3v) is 3.79. The largest absolute Gasteiger partial charge is 0.381 e. The lowest BCUT2D eigenvalue weighted by molar-refractivity contribution is 0.0362. The maximum absolute atomic E-state index is 12.3. The fourth-order valence-corrected chi connectivity index (χ4v) is 2.25. The first-order valence-corrected chi connectivity index (χ1v) is 6.51. The number of rotatable bonds is 2. The summed E-state index contributed by atoms with van der Waals surface area (Å²) in [5.41, 5.74) is 0.457. The number of pyridine rings is 1. The van der Waals surface area contributed by atoms with Crippen LogP contribution in [0.4, 0.5) is 0 Å². The molecule has 1 amide bonds. The molecule has 1 aliphatic rings. The monoisotopic (exact) mass is 288 g/mol. The molecular formula is C12H14Cl2N2O2. The van der Waals surface area contributed by atoms with Crippen molar-refractivity contribution in [1.29, 1.82) is 0 Å². The van der Waals surface area contributed by atoms with Gasteiger partial charge in [-0.15, -0.1) is 0 Å². The molecule has 4 nitrogen and oxygen atoms in total. The van der Waals surface area contributed by atoms with Crippen LogP contribution in [0.25, 0.3) is 0 Å². The van der Waals surface area contributed by atoms with Crippen LogP contribution in [0.1, 0.15) is 23.2 Å². The first-order valence-electron chi connectivity index (χ1n) is 5.75. The molecular weight excluding hydrogens is 275 g/mol. The van der Waals surface area contributed by atoms with Gasteiger partial charge in [-0.1, -0.05) is 23.2 Å². The minimum atomic E-state index is -0.0898. The number of amides is 1. The minimum absolute atomic E-state index is 0.0898. The van der Waals surface area contributed by atoms with Crippen molar-refractivity contribution in [2.45, 2.75) is 18.9 Å². The molecule has 1 saturated heterocycles. The van der Waals surface area contributed by atoms with Gasteiger partial charge in [0.2, 0.25) is 0 Å². The minimum Gasteiger partial charge on any atom is -0.381 e. The fourth-order valence-electron chi connectivity index (χ4n) is 1.98. The molecule has 18 heavy (non-hydrogen) atoms. The van der Waals surface area contributed by atoms with Crippen LogP contribution in [0.2, 0.25) is 10.2 Å². The highest BCUT2D eigenvalue weighted by atomic mass is 35.5. The summed E-state index contributed by atoms with van der Waals surface area (Å²) in [5, 5.41) is 0.504. The molecule has 0 aliphatic carbocycles. The Labute approximate surface area is 116 Å². The molecule has 0 aromatic carbocycles. The first kappa shape index (κ1) is 13.6. The molecule has 1 aromatic rings. The van der Waals surface area contributed by atoms with Crippen molar-refractivity contribution in [3.8, 4) is 0 Å². The summed E-state index contributed by atoms with van der Waals surface area (Å²) >= 11 is 11.6. The number of halogens is 2. The smallest absolute Gasteiger partial charge is 0.255 e. The Morgan fingerprint density at radius 3 is 2.72 bits per heavy atom. The van der Waals surface area contributed by atoms with E-state index >= 15 is 0 Å². The van der Waals surface area contributed by atoms with Gasteiger partial charge in [0, 0.05) is 32.5 Å². The number of carbonyl (C=O) groups is 1. The second-order valence-corrected chi connectivity index (χ2v) is 5.02. The fraction of sp³-hybridized carbons (Fsp3) is 0.500. The topological polar surface area (TPSA) is 42.4 Å². The molecule has 98 valence electrons. The Hall–Kier alpha value is -0.840. The van der Waals surface area contributed by atoms with Crippen LogP contribution in [0.3, 0.4) is 0 Å². The predicted molar refractivity (Wildman–Crippen MR) is 70.2 cm³/mol. The summed E-state index contributed by atoms with van der Waals surface area (Å²) in [6.07, 6.45) is 3.17. The molecule has 0 saturated carbocycles. The van der Waals surface area contributed by atoms with Crippen molar-refractivity contribution in [2.75, 3.05) is 20.3 Å². The van der Waals surface area contributed by atoms with E-state index in [1.165, 1.54) is 6.20 Å². The molecule has 1 aromatic heterocycles. The highest BCUT2D eigenvalue weighted by Gasteiger charge is 2.23. The van der Waals surface area contributed by atoms with Crippen molar-refractivity contribution in [1.82, 2.24) is 9.88 Å². The van der Waals surface area contributed by atoms with Crippen LogP contribution in [0.5, 0.6) is 0 Å². The zero-order valence-corrected chi connectivity index (χ0v) is 11.5. The number of aromatic nitrogens is 1. The van der Waals surface area contributed by atoms with Gasteiger partial charge in [-0.3, -0.25) is 4.79 Å². The summed E-state index contributed by atoms with van der Waals surface area (Å²) < 4.78 is 5.28. The molecule has 1 fully saturated rings. The van der Waals surface area contributed by atoms with Crippen LogP contribution in [0.15, 0.2) is 12.3 Å². The van der Waals surface area contributed by atoms with Gasteiger partial charge in [0.25, 0.3) is 5.91 Å². The third kappa shape index (κ3) is 2.94. The van der Waals surface area contributed by atoms with E-state index in [1.54, 1.807) is 18.0 Å². The standard InChI is InChI=1S/C12H14Cl2N2O2/c1-16(9-2-4-18-5-3-9)12(17)8-6-10(13)11(14)15-7-8/h6-7,9H,2-5H2,1H3. The second-order valence-electron chi connectivity index (χ2n) is 4.26. The van der Waals surface area contributed by atoms with Gasteiger partial charge in [0.15, 0.2) is 0 Å². The summed E-state index contributed by atoms with van der Waals surface area (Å²) in [6.45, 7) is 1.39. The quantitative estimate of drug-likeness (QED) is 0.786. The van der Waals surface area contributed by atoms with Crippen LogP contribution in [-0.4, -0.2) is 42.1 Å². The SMILES string of the molecule is CN(C(=O)c1cnc(Cl)c(Cl)c1)C1CCOCC1. The normalized spacial score (nSPS) is 16.6. The maximum atomic E-state index is 12.3. The lowest BCUT2D eigenvalue weighted by Gasteiger charge is -2.31. The van der Waals surface area contributed by atoms with Gasteiger partial charge < -0.3 is 9.64 Å². The lowest BCUT2D eigenvalue weighted by Crippen LogP contribution is -2.40. The van der Waals surface area contributed by atoms with Crippen molar-refractivity contribution in [3.63, 3.8) is 0 Å². The Bertz CT molecular complexity index is 448. The zero-order valence-electron chi connectivity index (χ0n) is 10.0. The molecule has 0 unspecified atom stereocenters. The van der Waals surface area contributed by atoms with Gasteiger partial charge in [-0.05, 0) is 18.9 Å². The number of hydrogen-bond acceptors (Lipinski definition) is 3. The van der Waals surface area contributed by atoms with E-state index in [0.29, 0.717) is 23.8 Å². The van der Waals surface area contributed by atoms with Crippen molar-refractivity contribution < 1.29 is 9.53 Å². The van der Waals surface area contributed by atoms with Gasteiger partial charge in [0.05, 0.1) is 10.6 Å². The highest BCUT2D eigenvalue weighted by molar-refractivity contribution is 6.41. The molecule has 0 radical (unpaired) electrons. The highest BCUT2D eigenvalue weighted by Crippen LogP contribution is 2.22. The molecule has 2 rings (SSSR count). The van der Waals surface area contributed by atoms with Crippen molar-refractivity contribution >= 4 is 29.1 Å². The molecule has 0 spiro atoms. The first-order chi connectivity index (χ1) is 8.59. The second kappa shape index (κ2) is 5.87. The molecule has 6 heteroatoms. The van der Waals surface area contributed by atoms with Crippen LogP contribution < -0.4 is 0 Å². The van der Waals surface area contributed by atoms with Crippen LogP contribution in [0, 0.1) is 0 Å². The number of nitrogens with zero attached hydrogens (tertiary/aromatic N) is 2.